The van der Waals surface area contributed by atoms with Gasteiger partial charge in [-0.1, -0.05) is 0 Å². The third-order valence-corrected chi connectivity index (χ3v) is 4.76. The number of hydrogen-bond acceptors (Lipinski definition) is 7. The Hall–Kier alpha value is -3.48. The molecule has 4 amide bonds. The number of nitrogens with one attached hydrogen (secondary N) is 5. The highest BCUT2D eigenvalue weighted by Crippen LogP contribution is 2.07. The summed E-state index contributed by atoms with van der Waals surface area (Å²) in [6.07, 6.45) is 3.74. The first-order chi connectivity index (χ1) is 14.7. The fourth-order valence-corrected chi connectivity index (χ4v) is 3.06. The van der Waals surface area contributed by atoms with Gasteiger partial charge < -0.3 is 37.1 Å². The highest BCUT2D eigenvalue weighted by Gasteiger charge is 2.31. The van der Waals surface area contributed by atoms with Crippen LogP contribution in [0, 0.1) is 0 Å². The zero-order valence-electron chi connectivity index (χ0n) is 17.0. The van der Waals surface area contributed by atoms with Crippen molar-refractivity contribution in [2.24, 2.45) is 5.73 Å². The van der Waals surface area contributed by atoms with Crippen molar-refractivity contribution in [3.8, 4) is 0 Å². The third kappa shape index (κ3) is 7.37. The lowest BCUT2D eigenvalue weighted by Crippen LogP contribution is -2.58. The van der Waals surface area contributed by atoms with E-state index in [9.17, 15) is 24.0 Å². The Morgan fingerprint density at radius 3 is 2.45 bits per heavy atom. The summed E-state index contributed by atoms with van der Waals surface area (Å²) in [4.78, 5) is 66.9. The van der Waals surface area contributed by atoms with Gasteiger partial charge in [-0.3, -0.25) is 24.0 Å². The van der Waals surface area contributed by atoms with Crippen molar-refractivity contribution < 1.29 is 29.1 Å². The van der Waals surface area contributed by atoms with Crippen LogP contribution in [0.1, 0.15) is 31.9 Å². The second kappa shape index (κ2) is 11.1. The molecule has 1 fully saturated rings. The van der Waals surface area contributed by atoms with Gasteiger partial charge in [0.2, 0.25) is 23.6 Å². The summed E-state index contributed by atoms with van der Waals surface area (Å²) in [6.45, 7) is 1.94. The van der Waals surface area contributed by atoms with Crippen LogP contribution in [0.4, 0.5) is 0 Å². The maximum Gasteiger partial charge on any atom is 0.325 e. The fraction of sp³-hybridized carbons (Fsp3) is 0.556. The molecule has 1 aromatic rings. The van der Waals surface area contributed by atoms with E-state index in [1.165, 1.54) is 19.4 Å². The molecular weight excluding hydrogens is 410 g/mol. The van der Waals surface area contributed by atoms with E-state index < -0.39 is 60.2 Å². The summed E-state index contributed by atoms with van der Waals surface area (Å²) in [5.74, 6) is -4.06. The van der Waals surface area contributed by atoms with Gasteiger partial charge in [0, 0.05) is 18.3 Å². The Balaban J connectivity index is 2.12. The number of aromatic amines is 1. The van der Waals surface area contributed by atoms with E-state index in [1.807, 2.05) is 0 Å². The smallest absolute Gasteiger partial charge is 0.325 e. The van der Waals surface area contributed by atoms with Gasteiger partial charge in [0.1, 0.15) is 18.1 Å². The summed E-state index contributed by atoms with van der Waals surface area (Å²) >= 11 is 0. The van der Waals surface area contributed by atoms with Crippen LogP contribution in [0.15, 0.2) is 12.5 Å². The molecule has 0 saturated carbocycles. The van der Waals surface area contributed by atoms with Gasteiger partial charge in [-0.05, 0) is 26.3 Å². The molecule has 1 aromatic heterocycles. The first-order valence-corrected chi connectivity index (χ1v) is 9.80. The van der Waals surface area contributed by atoms with E-state index in [4.69, 9.17) is 10.8 Å². The molecule has 8 N–H and O–H groups in total. The largest absolute Gasteiger partial charge is 0.480 e. The van der Waals surface area contributed by atoms with Crippen LogP contribution in [0.5, 0.6) is 0 Å². The van der Waals surface area contributed by atoms with Crippen LogP contribution in [-0.4, -0.2) is 75.4 Å². The molecule has 0 spiro atoms. The maximum absolute atomic E-state index is 12.8. The van der Waals surface area contributed by atoms with Crippen molar-refractivity contribution in [3.63, 3.8) is 0 Å². The van der Waals surface area contributed by atoms with Gasteiger partial charge in [-0.2, -0.15) is 0 Å². The number of nitrogens with zero attached hydrogens (tertiary/aromatic N) is 1. The summed E-state index contributed by atoms with van der Waals surface area (Å²) in [5.41, 5.74) is 5.72. The second-order valence-electron chi connectivity index (χ2n) is 7.29. The highest BCUT2D eigenvalue weighted by molar-refractivity contribution is 5.96. The van der Waals surface area contributed by atoms with Crippen molar-refractivity contribution >= 4 is 29.6 Å². The molecule has 4 atom stereocenters. The average molecular weight is 437 g/mol. The quantitative estimate of drug-likeness (QED) is 0.191. The molecule has 31 heavy (non-hydrogen) atoms. The lowest BCUT2D eigenvalue weighted by Gasteiger charge is -2.24. The number of hydrogen-bond donors (Lipinski definition) is 7. The second-order valence-corrected chi connectivity index (χ2v) is 7.29. The van der Waals surface area contributed by atoms with Gasteiger partial charge in [-0.25, -0.2) is 4.98 Å². The number of carboxylic acids is 1. The van der Waals surface area contributed by atoms with Crippen LogP contribution < -0.4 is 27.0 Å². The van der Waals surface area contributed by atoms with Crippen LogP contribution in [0.3, 0.4) is 0 Å². The molecule has 1 aliphatic heterocycles. The Labute approximate surface area is 177 Å². The van der Waals surface area contributed by atoms with Crippen molar-refractivity contribution in [2.75, 3.05) is 6.54 Å². The standard InChI is InChI=1S/C18H27N7O6/c1-9(18(30)31)23-16(28)12(5-10-7-20-8-22-10)24-17(29)13(6-14(19)26)25-15(27)11-3-2-4-21-11/h7-9,11-13,21H,2-6H2,1H3,(H2,19,26)(H,20,22)(H,23,28)(H,24,29)(H,25,27)(H,30,31). The Kier molecular flexibility index (Phi) is 8.49. The predicted octanol–water partition coefficient (Wildman–Crippen LogP) is -2.86. The Morgan fingerprint density at radius 1 is 1.19 bits per heavy atom. The SMILES string of the molecule is CC(NC(=O)C(Cc1cnc[nH]1)NC(=O)C(CC(N)=O)NC(=O)C1CCCN1)C(=O)O. The van der Waals surface area contributed by atoms with Crippen LogP contribution >= 0.6 is 0 Å². The molecule has 1 saturated heterocycles. The van der Waals surface area contributed by atoms with Crippen LogP contribution in [0.2, 0.25) is 0 Å². The minimum absolute atomic E-state index is 0.0225. The van der Waals surface area contributed by atoms with E-state index in [0.29, 0.717) is 18.7 Å². The number of H-pyrrole nitrogens is 1. The first-order valence-electron chi connectivity index (χ1n) is 9.80. The fourth-order valence-electron chi connectivity index (χ4n) is 3.06. The molecule has 1 aliphatic rings. The zero-order valence-corrected chi connectivity index (χ0v) is 17.0. The van der Waals surface area contributed by atoms with Crippen molar-refractivity contribution in [3.05, 3.63) is 18.2 Å². The number of carboxylic acid groups (broad SMARTS) is 1. The van der Waals surface area contributed by atoms with Gasteiger partial charge in [0.25, 0.3) is 0 Å². The summed E-state index contributed by atoms with van der Waals surface area (Å²) < 4.78 is 0. The zero-order chi connectivity index (χ0) is 23.0. The number of carbonyl (C=O) groups excluding carboxylic acids is 4. The molecule has 13 heteroatoms. The van der Waals surface area contributed by atoms with E-state index in [0.717, 1.165) is 6.42 Å². The van der Waals surface area contributed by atoms with Gasteiger partial charge in [-0.15, -0.1) is 0 Å². The minimum Gasteiger partial charge on any atom is -0.480 e. The van der Waals surface area contributed by atoms with Gasteiger partial charge in [0.05, 0.1) is 18.8 Å². The number of primary amides is 1. The average Bonchev–Trinajstić information content (AvgIpc) is 3.40. The number of rotatable bonds is 11. The molecular formula is C18H27N7O6. The van der Waals surface area contributed by atoms with Crippen molar-refractivity contribution in [2.45, 2.75) is 56.8 Å². The summed E-state index contributed by atoms with van der Waals surface area (Å²) in [5, 5.41) is 19.2. The molecule has 0 bridgehead atoms. The molecule has 4 unspecified atom stereocenters. The topological polar surface area (TPSA) is 208 Å². The lowest BCUT2D eigenvalue weighted by molar-refractivity contribution is -0.142. The van der Waals surface area contributed by atoms with Crippen LogP contribution in [-0.2, 0) is 30.4 Å². The molecule has 0 aromatic carbocycles. The van der Waals surface area contributed by atoms with E-state index in [1.54, 1.807) is 0 Å². The van der Waals surface area contributed by atoms with Crippen LogP contribution in [0.25, 0.3) is 0 Å². The summed E-state index contributed by atoms with van der Waals surface area (Å²) in [7, 11) is 0. The molecule has 0 aliphatic carbocycles. The first kappa shape index (κ1) is 23.8. The van der Waals surface area contributed by atoms with E-state index in [-0.39, 0.29) is 6.42 Å². The lowest BCUT2D eigenvalue weighted by atomic mass is 10.1. The maximum atomic E-state index is 12.8. The molecule has 170 valence electrons. The number of carbonyl (C=O) groups is 5. The Morgan fingerprint density at radius 2 is 1.90 bits per heavy atom. The highest BCUT2D eigenvalue weighted by atomic mass is 16.4. The predicted molar refractivity (Wildman–Crippen MR) is 106 cm³/mol. The Bertz CT molecular complexity index is 806. The molecule has 2 rings (SSSR count). The van der Waals surface area contributed by atoms with Crippen molar-refractivity contribution in [1.29, 1.82) is 0 Å². The molecule has 13 nitrogen and oxygen atoms in total. The van der Waals surface area contributed by atoms with E-state index >= 15 is 0 Å². The number of aromatic nitrogens is 2. The minimum atomic E-state index is -1.29. The number of aliphatic carboxylic acids is 1. The summed E-state index contributed by atoms with van der Waals surface area (Å²) in [6, 6.07) is -4.15. The van der Waals surface area contributed by atoms with Gasteiger partial charge >= 0.3 is 5.97 Å². The molecule has 2 heterocycles. The number of amides is 4. The van der Waals surface area contributed by atoms with Crippen molar-refractivity contribution in [1.82, 2.24) is 31.2 Å². The number of nitrogens with two attached hydrogens (primary N) is 1. The van der Waals surface area contributed by atoms with Gasteiger partial charge in [0.15, 0.2) is 0 Å². The molecule has 0 radical (unpaired) electrons. The normalized spacial score (nSPS) is 18.4. The monoisotopic (exact) mass is 437 g/mol. The third-order valence-electron chi connectivity index (χ3n) is 4.76. The number of imidazole rings is 1. The van der Waals surface area contributed by atoms with E-state index in [2.05, 4.69) is 31.2 Å².